The highest BCUT2D eigenvalue weighted by molar-refractivity contribution is 5.73. The summed E-state index contributed by atoms with van der Waals surface area (Å²) in [4.78, 5) is 10.6. The van der Waals surface area contributed by atoms with E-state index in [0.717, 1.165) is 5.56 Å². The molecular weight excluding hydrogens is 187 g/mol. The van der Waals surface area contributed by atoms with Crippen molar-refractivity contribution in [1.29, 1.82) is 0 Å². The lowest BCUT2D eigenvalue weighted by Gasteiger charge is -2.22. The molecule has 0 aromatic heterocycles. The number of halogens is 1. The Balaban J connectivity index is 2.29. The number of hydrogen-bond donors (Lipinski definition) is 1. The maximum absolute atomic E-state index is 12.8. The van der Waals surface area contributed by atoms with Crippen LogP contribution < -0.4 is 4.74 Å². The number of ether oxygens (including phenoxy) is 1. The van der Waals surface area contributed by atoms with Crippen molar-refractivity contribution in [2.75, 3.05) is 0 Å². The zero-order valence-corrected chi connectivity index (χ0v) is 7.37. The van der Waals surface area contributed by atoms with Gasteiger partial charge in [-0.15, -0.1) is 0 Å². The largest absolute Gasteiger partial charge is 0.479 e. The van der Waals surface area contributed by atoms with Crippen molar-refractivity contribution in [3.8, 4) is 5.75 Å². The van der Waals surface area contributed by atoms with Crippen LogP contribution in [0.3, 0.4) is 0 Å². The van der Waals surface area contributed by atoms with Gasteiger partial charge in [0.2, 0.25) is 0 Å². The predicted octanol–water partition coefficient (Wildman–Crippen LogP) is 1.60. The number of aliphatic carboxylic acids is 1. The van der Waals surface area contributed by atoms with Gasteiger partial charge in [-0.05, 0) is 24.5 Å². The van der Waals surface area contributed by atoms with E-state index in [1.54, 1.807) is 6.07 Å². The summed E-state index contributed by atoms with van der Waals surface area (Å²) >= 11 is 0. The Bertz CT molecular complexity index is 376. The van der Waals surface area contributed by atoms with Crippen LogP contribution in [-0.2, 0) is 11.2 Å². The molecule has 1 atom stereocenters. The van der Waals surface area contributed by atoms with E-state index in [1.165, 1.54) is 12.1 Å². The lowest BCUT2D eigenvalue weighted by molar-refractivity contribution is -0.145. The Morgan fingerprint density at radius 2 is 2.36 bits per heavy atom. The lowest BCUT2D eigenvalue weighted by atomic mass is 10.0. The van der Waals surface area contributed by atoms with Gasteiger partial charge in [0.05, 0.1) is 0 Å². The highest BCUT2D eigenvalue weighted by atomic mass is 19.1. The van der Waals surface area contributed by atoms with E-state index in [9.17, 15) is 9.18 Å². The molecule has 74 valence electrons. The monoisotopic (exact) mass is 196 g/mol. The Morgan fingerprint density at radius 3 is 3.07 bits per heavy atom. The van der Waals surface area contributed by atoms with Gasteiger partial charge in [0.15, 0.2) is 6.10 Å². The molecule has 2 rings (SSSR count). The molecular formula is C10H9FO3. The normalized spacial score (nSPS) is 19.6. The van der Waals surface area contributed by atoms with Crippen LogP contribution in [0.2, 0.25) is 0 Å². The Labute approximate surface area is 80.1 Å². The van der Waals surface area contributed by atoms with Crippen LogP contribution in [0.1, 0.15) is 12.0 Å². The summed E-state index contributed by atoms with van der Waals surface area (Å²) in [5.41, 5.74) is 0.865. The van der Waals surface area contributed by atoms with Crippen LogP contribution in [0.25, 0.3) is 0 Å². The zero-order chi connectivity index (χ0) is 10.1. The molecule has 0 saturated heterocycles. The van der Waals surface area contributed by atoms with Crippen molar-refractivity contribution in [2.45, 2.75) is 18.9 Å². The highest BCUT2D eigenvalue weighted by Gasteiger charge is 2.25. The minimum absolute atomic E-state index is 0.351. The van der Waals surface area contributed by atoms with Crippen LogP contribution >= 0.6 is 0 Å². The molecule has 1 aromatic carbocycles. The van der Waals surface area contributed by atoms with E-state index in [0.29, 0.717) is 18.6 Å². The Kier molecular flexibility index (Phi) is 2.11. The molecule has 0 fully saturated rings. The number of aryl methyl sites for hydroxylation is 1. The summed E-state index contributed by atoms with van der Waals surface area (Å²) in [5, 5.41) is 8.71. The van der Waals surface area contributed by atoms with Crippen LogP contribution in [0, 0.1) is 5.82 Å². The molecule has 0 bridgehead atoms. The van der Waals surface area contributed by atoms with E-state index in [4.69, 9.17) is 9.84 Å². The first-order valence-electron chi connectivity index (χ1n) is 4.35. The maximum Gasteiger partial charge on any atom is 0.344 e. The van der Waals surface area contributed by atoms with Crippen molar-refractivity contribution in [3.63, 3.8) is 0 Å². The molecule has 1 N–H and O–H groups in total. The van der Waals surface area contributed by atoms with E-state index < -0.39 is 17.9 Å². The number of benzene rings is 1. The second-order valence-electron chi connectivity index (χ2n) is 3.24. The topological polar surface area (TPSA) is 46.5 Å². The number of fused-ring (bicyclic) bond motifs is 1. The van der Waals surface area contributed by atoms with Crippen molar-refractivity contribution >= 4 is 5.97 Å². The second kappa shape index (κ2) is 3.29. The molecule has 0 radical (unpaired) electrons. The summed E-state index contributed by atoms with van der Waals surface area (Å²) in [6, 6.07) is 4.20. The minimum atomic E-state index is -1.00. The van der Waals surface area contributed by atoms with Gasteiger partial charge in [-0.3, -0.25) is 0 Å². The van der Waals surface area contributed by atoms with Crippen LogP contribution in [0.5, 0.6) is 5.75 Å². The molecule has 0 unspecified atom stereocenters. The van der Waals surface area contributed by atoms with Gasteiger partial charge in [0, 0.05) is 6.07 Å². The van der Waals surface area contributed by atoms with Crippen molar-refractivity contribution in [1.82, 2.24) is 0 Å². The van der Waals surface area contributed by atoms with E-state index in [-0.39, 0.29) is 0 Å². The molecule has 0 aliphatic carbocycles. The summed E-state index contributed by atoms with van der Waals surface area (Å²) in [7, 11) is 0. The molecule has 3 nitrogen and oxygen atoms in total. The van der Waals surface area contributed by atoms with Crippen LogP contribution in [-0.4, -0.2) is 17.2 Å². The fourth-order valence-electron chi connectivity index (χ4n) is 1.52. The second-order valence-corrected chi connectivity index (χ2v) is 3.24. The molecule has 0 amide bonds. The summed E-state index contributed by atoms with van der Waals surface area (Å²) < 4.78 is 17.9. The number of carbonyl (C=O) groups is 1. The third-order valence-electron chi connectivity index (χ3n) is 2.25. The summed E-state index contributed by atoms with van der Waals surface area (Å²) in [5.74, 6) is -1.06. The van der Waals surface area contributed by atoms with Gasteiger partial charge in [-0.2, -0.15) is 0 Å². The quantitative estimate of drug-likeness (QED) is 0.742. The molecule has 1 aliphatic heterocycles. The number of rotatable bonds is 1. The average molecular weight is 196 g/mol. The smallest absolute Gasteiger partial charge is 0.344 e. The zero-order valence-electron chi connectivity index (χ0n) is 7.37. The fourth-order valence-corrected chi connectivity index (χ4v) is 1.52. The molecule has 1 aliphatic rings. The SMILES string of the molecule is O=C(O)[C@@H]1CCc2ccc(F)cc2O1. The molecule has 0 spiro atoms. The maximum atomic E-state index is 12.8. The van der Waals surface area contributed by atoms with Crippen LogP contribution in [0.15, 0.2) is 18.2 Å². The molecule has 1 heterocycles. The van der Waals surface area contributed by atoms with Gasteiger partial charge in [0.25, 0.3) is 0 Å². The van der Waals surface area contributed by atoms with Gasteiger partial charge in [-0.1, -0.05) is 6.07 Å². The van der Waals surface area contributed by atoms with Gasteiger partial charge < -0.3 is 9.84 Å². The fraction of sp³-hybridized carbons (Fsp3) is 0.300. The summed E-state index contributed by atoms with van der Waals surface area (Å²) in [6.07, 6.45) is 0.213. The van der Waals surface area contributed by atoms with Crippen molar-refractivity contribution in [2.24, 2.45) is 0 Å². The third-order valence-corrected chi connectivity index (χ3v) is 2.25. The lowest BCUT2D eigenvalue weighted by Crippen LogP contribution is -2.30. The van der Waals surface area contributed by atoms with Crippen molar-refractivity contribution < 1.29 is 19.0 Å². The van der Waals surface area contributed by atoms with Crippen LogP contribution in [0.4, 0.5) is 4.39 Å². The van der Waals surface area contributed by atoms with Gasteiger partial charge in [0.1, 0.15) is 11.6 Å². The molecule has 4 heteroatoms. The first-order chi connectivity index (χ1) is 6.66. The van der Waals surface area contributed by atoms with Gasteiger partial charge in [-0.25, -0.2) is 9.18 Å². The average Bonchev–Trinajstić information content (AvgIpc) is 2.16. The van der Waals surface area contributed by atoms with Crippen molar-refractivity contribution in [3.05, 3.63) is 29.6 Å². The first kappa shape index (κ1) is 8.99. The van der Waals surface area contributed by atoms with Gasteiger partial charge >= 0.3 is 5.97 Å². The Morgan fingerprint density at radius 1 is 1.57 bits per heavy atom. The third kappa shape index (κ3) is 1.55. The number of carboxylic acids is 1. The highest BCUT2D eigenvalue weighted by Crippen LogP contribution is 2.28. The minimum Gasteiger partial charge on any atom is -0.479 e. The number of carboxylic acid groups (broad SMARTS) is 1. The predicted molar refractivity (Wildman–Crippen MR) is 46.8 cm³/mol. The van der Waals surface area contributed by atoms with E-state index in [1.807, 2.05) is 0 Å². The van der Waals surface area contributed by atoms with E-state index in [2.05, 4.69) is 0 Å². The Hall–Kier alpha value is -1.58. The first-order valence-corrected chi connectivity index (χ1v) is 4.35. The molecule has 1 aromatic rings. The van der Waals surface area contributed by atoms with E-state index >= 15 is 0 Å². The number of hydrogen-bond acceptors (Lipinski definition) is 2. The standard InChI is InChI=1S/C10H9FO3/c11-7-3-1-6-2-4-8(10(12)13)14-9(6)5-7/h1,3,5,8H,2,4H2,(H,12,13)/t8-/m0/s1. The molecule has 14 heavy (non-hydrogen) atoms. The summed E-state index contributed by atoms with van der Waals surface area (Å²) in [6.45, 7) is 0. The molecule has 0 saturated carbocycles.